The molecule has 42 heavy (non-hydrogen) atoms. The van der Waals surface area contributed by atoms with Gasteiger partial charge in [0.05, 0.1) is 19.1 Å². The van der Waals surface area contributed by atoms with E-state index in [1.54, 1.807) is 30.2 Å². The molecule has 0 aromatic heterocycles. The number of carbonyl (C=O) groups excluding carboxylic acids is 2. The first-order valence-electron chi connectivity index (χ1n) is 14.0. The average Bonchev–Trinajstić information content (AvgIpc) is 2.97. The zero-order valence-electron chi connectivity index (χ0n) is 24.7. The number of benzene rings is 3. The van der Waals surface area contributed by atoms with Crippen molar-refractivity contribution in [1.82, 2.24) is 10.2 Å². The number of hydrogen-bond acceptors (Lipinski definition) is 5. The van der Waals surface area contributed by atoms with Crippen LogP contribution in [0.4, 0.5) is 5.69 Å². The summed E-state index contributed by atoms with van der Waals surface area (Å²) in [6, 6.07) is 21.3. The van der Waals surface area contributed by atoms with Gasteiger partial charge in [-0.2, -0.15) is 0 Å². The summed E-state index contributed by atoms with van der Waals surface area (Å²) >= 11 is 6.17. The molecule has 3 aromatic carbocycles. The second-order valence-corrected chi connectivity index (χ2v) is 12.6. The fourth-order valence-corrected chi connectivity index (χ4v) is 5.90. The van der Waals surface area contributed by atoms with E-state index in [0.717, 1.165) is 29.4 Å². The second-order valence-electron chi connectivity index (χ2n) is 10.2. The quantitative estimate of drug-likeness (QED) is 0.249. The summed E-state index contributed by atoms with van der Waals surface area (Å²) in [5, 5.41) is 3.39. The van der Waals surface area contributed by atoms with Crippen molar-refractivity contribution in [2.75, 3.05) is 30.8 Å². The van der Waals surface area contributed by atoms with Crippen LogP contribution >= 0.6 is 11.6 Å². The minimum Gasteiger partial charge on any atom is -0.497 e. The number of carbonyl (C=O) groups is 2. The number of amides is 2. The lowest BCUT2D eigenvalue weighted by molar-refractivity contribution is -0.141. The van der Waals surface area contributed by atoms with Crippen LogP contribution in [0.1, 0.15) is 42.9 Å². The van der Waals surface area contributed by atoms with E-state index in [1.807, 2.05) is 68.4 Å². The van der Waals surface area contributed by atoms with Gasteiger partial charge >= 0.3 is 0 Å². The van der Waals surface area contributed by atoms with Crippen LogP contribution in [0.25, 0.3) is 0 Å². The maximum atomic E-state index is 13.9. The lowest BCUT2D eigenvalue weighted by Crippen LogP contribution is -2.50. The highest BCUT2D eigenvalue weighted by Crippen LogP contribution is 2.27. The molecule has 1 N–H and O–H groups in total. The van der Waals surface area contributed by atoms with Gasteiger partial charge in [-0.15, -0.1) is 0 Å². The molecular formula is C32H40ClN3O5S. The van der Waals surface area contributed by atoms with E-state index >= 15 is 0 Å². The third-order valence-electron chi connectivity index (χ3n) is 6.90. The fraction of sp³-hybridized carbons (Fsp3) is 0.375. The molecule has 0 unspecified atom stereocenters. The molecular weight excluding hydrogens is 574 g/mol. The Morgan fingerprint density at radius 3 is 2.38 bits per heavy atom. The average molecular weight is 614 g/mol. The number of nitrogens with zero attached hydrogens (tertiary/aromatic N) is 2. The Labute approximate surface area is 254 Å². The van der Waals surface area contributed by atoms with E-state index < -0.39 is 16.1 Å². The van der Waals surface area contributed by atoms with Gasteiger partial charge in [0.2, 0.25) is 21.8 Å². The predicted molar refractivity (Wildman–Crippen MR) is 168 cm³/mol. The summed E-state index contributed by atoms with van der Waals surface area (Å²) in [4.78, 5) is 29.0. The van der Waals surface area contributed by atoms with Crippen LogP contribution in [-0.4, -0.2) is 57.6 Å². The van der Waals surface area contributed by atoms with Crippen molar-refractivity contribution in [2.24, 2.45) is 0 Å². The predicted octanol–water partition coefficient (Wildman–Crippen LogP) is 5.37. The maximum Gasteiger partial charge on any atom is 0.243 e. The number of rotatable bonds is 15. The van der Waals surface area contributed by atoms with E-state index in [0.29, 0.717) is 29.4 Å². The molecule has 226 valence electrons. The topological polar surface area (TPSA) is 96.0 Å². The summed E-state index contributed by atoms with van der Waals surface area (Å²) in [5.74, 6) is 0.168. The molecule has 0 saturated heterocycles. The lowest BCUT2D eigenvalue weighted by atomic mass is 10.0. The van der Waals surface area contributed by atoms with Gasteiger partial charge in [-0.25, -0.2) is 8.42 Å². The summed E-state index contributed by atoms with van der Waals surface area (Å²) in [6.07, 6.45) is 2.53. The Kier molecular flexibility index (Phi) is 12.2. The van der Waals surface area contributed by atoms with Gasteiger partial charge in [-0.05, 0) is 60.7 Å². The monoisotopic (exact) mass is 613 g/mol. The van der Waals surface area contributed by atoms with Gasteiger partial charge in [0.15, 0.2) is 0 Å². The smallest absolute Gasteiger partial charge is 0.243 e. The van der Waals surface area contributed by atoms with Crippen molar-refractivity contribution in [1.29, 1.82) is 0 Å². The normalized spacial score (nSPS) is 11.9. The molecule has 0 aliphatic carbocycles. The van der Waals surface area contributed by atoms with Crippen molar-refractivity contribution in [3.63, 3.8) is 0 Å². The Morgan fingerprint density at radius 2 is 1.71 bits per heavy atom. The zero-order chi connectivity index (χ0) is 30.7. The Morgan fingerprint density at radius 1 is 1.00 bits per heavy atom. The number of anilines is 1. The first kappa shape index (κ1) is 32.9. The van der Waals surface area contributed by atoms with Gasteiger partial charge in [0, 0.05) is 37.5 Å². The molecule has 10 heteroatoms. The van der Waals surface area contributed by atoms with E-state index in [9.17, 15) is 18.0 Å². The second kappa shape index (κ2) is 15.6. The van der Waals surface area contributed by atoms with Crippen molar-refractivity contribution >= 4 is 39.1 Å². The standard InChI is InChI=1S/C32H40ClN3O5S/c1-5-18-34-32(38)30(21-25-11-7-6-8-12-25)35(23-26-13-9-14-28(20-26)41-3)31(37)15-10-19-36(42(4,39)40)29-22-27(33)17-16-24(29)2/h6-9,11-14,16-17,20,22,30H,5,10,15,18-19,21,23H2,1-4H3,(H,34,38)/t30-/m0/s1. The van der Waals surface area contributed by atoms with Crippen LogP contribution in [0.5, 0.6) is 5.75 Å². The number of methoxy groups -OCH3 is 1. The van der Waals surface area contributed by atoms with Gasteiger partial charge in [0.1, 0.15) is 11.8 Å². The molecule has 0 fully saturated rings. The molecule has 8 nitrogen and oxygen atoms in total. The van der Waals surface area contributed by atoms with E-state index in [2.05, 4.69) is 5.32 Å². The van der Waals surface area contributed by atoms with Crippen LogP contribution < -0.4 is 14.4 Å². The highest BCUT2D eigenvalue weighted by Gasteiger charge is 2.30. The van der Waals surface area contributed by atoms with E-state index in [4.69, 9.17) is 16.3 Å². The zero-order valence-corrected chi connectivity index (χ0v) is 26.2. The lowest BCUT2D eigenvalue weighted by Gasteiger charge is -2.32. The minimum atomic E-state index is -3.64. The molecule has 0 radical (unpaired) electrons. The van der Waals surface area contributed by atoms with Crippen LogP contribution in [-0.2, 0) is 32.6 Å². The summed E-state index contributed by atoms with van der Waals surface area (Å²) in [7, 11) is -2.06. The summed E-state index contributed by atoms with van der Waals surface area (Å²) in [6.45, 7) is 4.56. The Hall–Kier alpha value is -3.56. The third kappa shape index (κ3) is 9.49. The summed E-state index contributed by atoms with van der Waals surface area (Å²) < 4.78 is 32.1. The van der Waals surface area contributed by atoms with Gasteiger partial charge in [-0.1, -0.05) is 67.1 Å². The van der Waals surface area contributed by atoms with Crippen LogP contribution in [0, 0.1) is 6.92 Å². The largest absolute Gasteiger partial charge is 0.497 e. The minimum absolute atomic E-state index is 0.0436. The molecule has 3 rings (SSSR count). The molecule has 0 heterocycles. The molecule has 3 aromatic rings. The number of nitrogens with one attached hydrogen (secondary N) is 1. The molecule has 0 saturated carbocycles. The molecule has 2 amide bonds. The third-order valence-corrected chi connectivity index (χ3v) is 8.31. The number of sulfonamides is 1. The van der Waals surface area contributed by atoms with E-state index in [1.165, 1.54) is 4.31 Å². The SMILES string of the molecule is CCCNC(=O)[C@H](Cc1ccccc1)N(Cc1cccc(OC)c1)C(=O)CCCN(c1cc(Cl)ccc1C)S(C)(=O)=O. The molecule has 1 atom stereocenters. The van der Waals surface area contributed by atoms with E-state index in [-0.39, 0.29) is 37.7 Å². The van der Waals surface area contributed by atoms with Gasteiger partial charge in [0.25, 0.3) is 0 Å². The molecule has 0 aliphatic rings. The highest BCUT2D eigenvalue weighted by atomic mass is 35.5. The number of halogens is 1. The van der Waals surface area contributed by atoms with Gasteiger partial charge in [-0.3, -0.25) is 13.9 Å². The maximum absolute atomic E-state index is 13.9. The first-order chi connectivity index (χ1) is 20.0. The fourth-order valence-electron chi connectivity index (χ4n) is 4.72. The molecule has 0 bridgehead atoms. The van der Waals surface area contributed by atoms with Crippen molar-refractivity contribution in [2.45, 2.75) is 52.1 Å². The molecule has 0 aliphatic heterocycles. The number of aryl methyl sites for hydroxylation is 1. The molecule has 0 spiro atoms. The van der Waals surface area contributed by atoms with Gasteiger partial charge < -0.3 is 15.0 Å². The highest BCUT2D eigenvalue weighted by molar-refractivity contribution is 7.92. The number of hydrogen-bond donors (Lipinski definition) is 1. The van der Waals surface area contributed by atoms with Crippen LogP contribution in [0.2, 0.25) is 5.02 Å². The Bertz CT molecular complexity index is 1450. The summed E-state index contributed by atoms with van der Waals surface area (Å²) in [5.41, 5.74) is 2.98. The van der Waals surface area contributed by atoms with Crippen molar-refractivity contribution in [3.05, 3.63) is 94.5 Å². The van der Waals surface area contributed by atoms with Crippen molar-refractivity contribution < 1.29 is 22.7 Å². The van der Waals surface area contributed by atoms with Crippen LogP contribution in [0.15, 0.2) is 72.8 Å². The van der Waals surface area contributed by atoms with Crippen LogP contribution in [0.3, 0.4) is 0 Å². The van der Waals surface area contributed by atoms with Crippen molar-refractivity contribution in [3.8, 4) is 5.75 Å². The number of ether oxygens (including phenoxy) is 1. The Balaban J connectivity index is 1.90. The first-order valence-corrected chi connectivity index (χ1v) is 16.2.